The van der Waals surface area contributed by atoms with Gasteiger partial charge >= 0.3 is 0 Å². The van der Waals surface area contributed by atoms with Gasteiger partial charge < -0.3 is 10.2 Å². The number of halogens is 2. The molecule has 0 aromatic heterocycles. The van der Waals surface area contributed by atoms with Crippen LogP contribution in [0.1, 0.15) is 18.4 Å². The summed E-state index contributed by atoms with van der Waals surface area (Å²) in [5.41, 5.74) is 1.09. The van der Waals surface area contributed by atoms with Crippen molar-refractivity contribution in [1.29, 1.82) is 0 Å². The highest BCUT2D eigenvalue weighted by Crippen LogP contribution is 2.23. The van der Waals surface area contributed by atoms with Gasteiger partial charge in [0.05, 0.1) is 10.0 Å². The maximum Gasteiger partial charge on any atom is 0.290 e. The molecule has 1 fully saturated rings. The summed E-state index contributed by atoms with van der Waals surface area (Å²) in [7, 11) is 1.52. The zero-order valence-electron chi connectivity index (χ0n) is 12.8. The molecule has 7 heteroatoms. The molecule has 2 amide bonds. The fraction of sp³-hybridized carbons (Fsp3) is 0.438. The van der Waals surface area contributed by atoms with Gasteiger partial charge in [0.1, 0.15) is 5.92 Å². The number of nitrogens with one attached hydrogen (secondary N) is 1. The lowest BCUT2D eigenvalue weighted by Gasteiger charge is -2.10. The summed E-state index contributed by atoms with van der Waals surface area (Å²) in [5.74, 6) is -2.46. The minimum absolute atomic E-state index is 0.159. The number of likely N-dealkylation sites (N-methyl/N-ethyl adjacent to an activating group) is 1. The van der Waals surface area contributed by atoms with Gasteiger partial charge in [0, 0.05) is 20.1 Å². The molecule has 5 nitrogen and oxygen atoms in total. The molecule has 0 aliphatic carbocycles. The second-order valence-electron chi connectivity index (χ2n) is 5.60. The third-order valence-electron chi connectivity index (χ3n) is 3.82. The predicted octanol–water partition coefficient (Wildman–Crippen LogP) is 2.09. The minimum Gasteiger partial charge on any atom is -0.355 e. The molecule has 1 heterocycles. The molecule has 1 saturated heterocycles. The van der Waals surface area contributed by atoms with Crippen LogP contribution in [0.25, 0.3) is 0 Å². The fourth-order valence-electron chi connectivity index (χ4n) is 2.46. The van der Waals surface area contributed by atoms with Crippen LogP contribution < -0.4 is 5.32 Å². The van der Waals surface area contributed by atoms with Crippen LogP contribution in [-0.4, -0.2) is 42.6 Å². The summed E-state index contributed by atoms with van der Waals surface area (Å²) < 4.78 is 0. The predicted molar refractivity (Wildman–Crippen MR) is 88.5 cm³/mol. The van der Waals surface area contributed by atoms with Crippen LogP contribution in [-0.2, 0) is 20.8 Å². The number of rotatable bonds is 6. The molecule has 1 aromatic carbocycles. The number of benzene rings is 1. The van der Waals surface area contributed by atoms with Gasteiger partial charge in [-0.1, -0.05) is 29.3 Å². The Bertz CT molecular complexity index is 634. The Kier molecular flexibility index (Phi) is 6.02. The number of carbonyl (C=O) groups excluding carboxylic acids is 3. The second-order valence-corrected chi connectivity index (χ2v) is 6.41. The van der Waals surface area contributed by atoms with Gasteiger partial charge in [-0.15, -0.1) is 0 Å². The van der Waals surface area contributed by atoms with Gasteiger partial charge in [0.2, 0.25) is 11.7 Å². The van der Waals surface area contributed by atoms with Crippen LogP contribution in [0.2, 0.25) is 10.0 Å². The summed E-state index contributed by atoms with van der Waals surface area (Å²) in [6.07, 6.45) is 2.47. The largest absolute Gasteiger partial charge is 0.355 e. The van der Waals surface area contributed by atoms with E-state index in [0.29, 0.717) is 16.6 Å². The molecular formula is C16H18Cl2N2O3. The average molecular weight is 357 g/mol. The number of aryl methyl sites for hydroxylation is 1. The number of unbranched alkanes of at least 4 members (excludes halogenated alkanes) is 1. The second kappa shape index (κ2) is 7.79. The van der Waals surface area contributed by atoms with Crippen molar-refractivity contribution in [3.8, 4) is 0 Å². The van der Waals surface area contributed by atoms with E-state index in [0.717, 1.165) is 24.8 Å². The Labute approximate surface area is 144 Å². The molecule has 1 aliphatic heterocycles. The maximum absolute atomic E-state index is 11.9. The number of amides is 2. The number of likely N-dealkylation sites (tertiary alicyclic amines) is 1. The zero-order chi connectivity index (χ0) is 17.0. The molecule has 0 radical (unpaired) electrons. The first-order valence-electron chi connectivity index (χ1n) is 7.41. The smallest absolute Gasteiger partial charge is 0.290 e. The summed E-state index contributed by atoms with van der Waals surface area (Å²) in [5, 5.41) is 3.78. The van der Waals surface area contributed by atoms with Crippen LogP contribution in [0.3, 0.4) is 0 Å². The fourth-order valence-corrected chi connectivity index (χ4v) is 2.78. The normalized spacial score (nSPS) is 17.7. The summed E-state index contributed by atoms with van der Waals surface area (Å²) in [6, 6.07) is 5.52. The highest BCUT2D eigenvalue weighted by Gasteiger charge is 2.41. The zero-order valence-corrected chi connectivity index (χ0v) is 14.3. The van der Waals surface area contributed by atoms with Crippen molar-refractivity contribution in [2.75, 3.05) is 20.1 Å². The first kappa shape index (κ1) is 17.8. The SMILES string of the molecule is CN1CC(C(=O)NCCCCc2ccc(Cl)c(Cl)c2)C(=O)C1=O. The molecular weight excluding hydrogens is 339 g/mol. The maximum atomic E-state index is 11.9. The van der Waals surface area contributed by atoms with Crippen molar-refractivity contribution in [1.82, 2.24) is 10.2 Å². The topological polar surface area (TPSA) is 66.5 Å². The number of hydrogen-bond donors (Lipinski definition) is 1. The van der Waals surface area contributed by atoms with Crippen LogP contribution >= 0.6 is 23.2 Å². The summed E-state index contributed by atoms with van der Waals surface area (Å²) >= 11 is 11.8. The van der Waals surface area contributed by atoms with Crippen molar-refractivity contribution in [2.45, 2.75) is 19.3 Å². The van der Waals surface area contributed by atoms with E-state index in [-0.39, 0.29) is 12.5 Å². The monoisotopic (exact) mass is 356 g/mol. The number of Topliss-reactive ketones (excluding diaryl/α,β-unsaturated/α-hetero) is 1. The lowest BCUT2D eigenvalue weighted by Crippen LogP contribution is -2.36. The van der Waals surface area contributed by atoms with E-state index in [2.05, 4.69) is 5.32 Å². The highest BCUT2D eigenvalue weighted by molar-refractivity contribution is 6.42. The van der Waals surface area contributed by atoms with Crippen LogP contribution in [0.15, 0.2) is 18.2 Å². The van der Waals surface area contributed by atoms with Gasteiger partial charge in [0.15, 0.2) is 0 Å². The Hall–Kier alpha value is -1.59. The number of nitrogens with zero attached hydrogens (tertiary/aromatic N) is 1. The molecule has 1 aliphatic rings. The standard InChI is InChI=1S/C16H18Cl2N2O3/c1-20-9-11(14(21)16(20)23)15(22)19-7-3-2-4-10-5-6-12(17)13(18)8-10/h5-6,8,11H,2-4,7,9H2,1H3,(H,19,22). The average Bonchev–Trinajstić information content (AvgIpc) is 2.78. The summed E-state index contributed by atoms with van der Waals surface area (Å²) in [6.45, 7) is 0.634. The molecule has 23 heavy (non-hydrogen) atoms. The molecule has 124 valence electrons. The van der Waals surface area contributed by atoms with Crippen molar-refractivity contribution >= 4 is 40.8 Å². The van der Waals surface area contributed by atoms with Crippen LogP contribution in [0.5, 0.6) is 0 Å². The van der Waals surface area contributed by atoms with E-state index < -0.39 is 17.6 Å². The van der Waals surface area contributed by atoms with Crippen molar-refractivity contribution in [3.63, 3.8) is 0 Å². The van der Waals surface area contributed by atoms with Gasteiger partial charge in [-0.2, -0.15) is 0 Å². The Morgan fingerprint density at radius 3 is 2.61 bits per heavy atom. The van der Waals surface area contributed by atoms with Crippen LogP contribution in [0.4, 0.5) is 0 Å². The van der Waals surface area contributed by atoms with E-state index in [1.807, 2.05) is 12.1 Å². The van der Waals surface area contributed by atoms with Gasteiger partial charge in [-0.3, -0.25) is 14.4 Å². The lowest BCUT2D eigenvalue weighted by molar-refractivity contribution is -0.142. The number of ketones is 1. The van der Waals surface area contributed by atoms with Gasteiger partial charge in [0.25, 0.3) is 5.91 Å². The molecule has 1 N–H and O–H groups in total. The quantitative estimate of drug-likeness (QED) is 0.482. The molecule has 2 rings (SSSR count). The Balaban J connectivity index is 1.69. The van der Waals surface area contributed by atoms with Crippen molar-refractivity contribution < 1.29 is 14.4 Å². The third-order valence-corrected chi connectivity index (χ3v) is 4.56. The van der Waals surface area contributed by atoms with Crippen molar-refractivity contribution in [2.24, 2.45) is 5.92 Å². The highest BCUT2D eigenvalue weighted by atomic mass is 35.5. The number of hydrogen-bond acceptors (Lipinski definition) is 3. The molecule has 0 spiro atoms. The molecule has 1 atom stereocenters. The first-order chi connectivity index (χ1) is 10.9. The Morgan fingerprint density at radius 1 is 1.26 bits per heavy atom. The van der Waals surface area contributed by atoms with E-state index >= 15 is 0 Å². The first-order valence-corrected chi connectivity index (χ1v) is 8.16. The number of carbonyl (C=O) groups is 3. The van der Waals surface area contributed by atoms with E-state index in [9.17, 15) is 14.4 Å². The van der Waals surface area contributed by atoms with Gasteiger partial charge in [-0.05, 0) is 37.0 Å². The van der Waals surface area contributed by atoms with Gasteiger partial charge in [-0.25, -0.2) is 0 Å². The van der Waals surface area contributed by atoms with E-state index in [1.54, 1.807) is 6.07 Å². The van der Waals surface area contributed by atoms with E-state index in [4.69, 9.17) is 23.2 Å². The van der Waals surface area contributed by atoms with Crippen LogP contribution in [0, 0.1) is 5.92 Å². The molecule has 1 aromatic rings. The third kappa shape index (κ3) is 4.45. The molecule has 1 unspecified atom stereocenters. The molecule has 0 saturated carbocycles. The van der Waals surface area contributed by atoms with Crippen molar-refractivity contribution in [3.05, 3.63) is 33.8 Å². The molecule has 0 bridgehead atoms. The lowest BCUT2D eigenvalue weighted by atomic mass is 10.1. The Morgan fingerprint density at radius 2 is 2.00 bits per heavy atom. The van der Waals surface area contributed by atoms with E-state index in [1.165, 1.54) is 11.9 Å². The minimum atomic E-state index is -0.873. The summed E-state index contributed by atoms with van der Waals surface area (Å²) in [4.78, 5) is 36.2.